The zero-order chi connectivity index (χ0) is 22.5. The molecule has 7 nitrogen and oxygen atoms in total. The molecular weight excluding hydrogens is 424 g/mol. The topological polar surface area (TPSA) is 66.9 Å². The second kappa shape index (κ2) is 10.2. The van der Waals surface area contributed by atoms with Crippen molar-refractivity contribution in [1.82, 2.24) is 15.2 Å². The molecule has 1 aliphatic rings. The van der Waals surface area contributed by atoms with E-state index in [0.717, 1.165) is 49.8 Å². The van der Waals surface area contributed by atoms with Crippen LogP contribution < -0.4 is 19.7 Å². The first-order valence-corrected chi connectivity index (χ1v) is 11.8. The molecule has 0 unspecified atom stereocenters. The van der Waals surface area contributed by atoms with Crippen LogP contribution >= 0.6 is 11.3 Å². The number of para-hydroxylation sites is 2. The molecule has 0 spiro atoms. The molecule has 0 aliphatic carbocycles. The molecular formula is C24H30N4O3S. The molecule has 170 valence electrons. The molecule has 2 aromatic carbocycles. The minimum Gasteiger partial charge on any atom is -0.493 e. The zero-order valence-electron chi connectivity index (χ0n) is 18.9. The number of piperazine rings is 1. The molecule has 32 heavy (non-hydrogen) atoms. The number of nitrogens with zero attached hydrogens (tertiary/aromatic N) is 3. The van der Waals surface area contributed by atoms with Crippen molar-refractivity contribution < 1.29 is 14.3 Å². The fourth-order valence-electron chi connectivity index (χ4n) is 4.07. The molecule has 1 aliphatic heterocycles. The number of thiazole rings is 1. The third kappa shape index (κ3) is 4.66. The van der Waals surface area contributed by atoms with E-state index < -0.39 is 0 Å². The van der Waals surface area contributed by atoms with E-state index >= 15 is 0 Å². The van der Waals surface area contributed by atoms with Gasteiger partial charge in [0.1, 0.15) is 0 Å². The Morgan fingerprint density at radius 1 is 1.09 bits per heavy atom. The molecule has 4 rings (SSSR count). The van der Waals surface area contributed by atoms with Gasteiger partial charge in [0.05, 0.1) is 30.0 Å². The molecule has 1 saturated heterocycles. The van der Waals surface area contributed by atoms with Crippen LogP contribution in [0.2, 0.25) is 0 Å². The van der Waals surface area contributed by atoms with E-state index in [2.05, 4.69) is 40.2 Å². The predicted octanol–water partition coefficient (Wildman–Crippen LogP) is 3.43. The number of benzene rings is 2. The first kappa shape index (κ1) is 22.4. The first-order valence-electron chi connectivity index (χ1n) is 11.0. The monoisotopic (exact) mass is 454 g/mol. The normalized spacial score (nSPS) is 14.5. The fourth-order valence-corrected chi connectivity index (χ4v) is 5.13. The van der Waals surface area contributed by atoms with Gasteiger partial charge in [-0.3, -0.25) is 9.69 Å². The summed E-state index contributed by atoms with van der Waals surface area (Å²) in [5, 5.41) is 4.12. The number of hydrogen-bond donors (Lipinski definition) is 1. The molecule has 3 aromatic rings. The number of amides is 1. The van der Waals surface area contributed by atoms with Crippen LogP contribution in [0, 0.1) is 0 Å². The lowest BCUT2D eigenvalue weighted by Crippen LogP contribution is -2.48. The first-order chi connectivity index (χ1) is 15.6. The Morgan fingerprint density at radius 3 is 2.59 bits per heavy atom. The van der Waals surface area contributed by atoms with Gasteiger partial charge in [-0.05, 0) is 30.2 Å². The molecule has 1 aromatic heterocycles. The van der Waals surface area contributed by atoms with Crippen LogP contribution in [-0.4, -0.2) is 69.3 Å². The minimum absolute atomic E-state index is 0.152. The lowest BCUT2D eigenvalue weighted by atomic mass is 10.1. The van der Waals surface area contributed by atoms with E-state index in [1.54, 1.807) is 43.8 Å². The second-order valence-electron chi connectivity index (χ2n) is 7.74. The van der Waals surface area contributed by atoms with E-state index in [1.165, 1.54) is 10.3 Å². The van der Waals surface area contributed by atoms with Crippen molar-refractivity contribution in [3.8, 4) is 11.5 Å². The Labute approximate surface area is 192 Å². The molecule has 2 heterocycles. The summed E-state index contributed by atoms with van der Waals surface area (Å²) in [6.07, 6.45) is 1.00. The van der Waals surface area contributed by atoms with Crippen LogP contribution in [0.3, 0.4) is 0 Å². The molecule has 0 radical (unpaired) electrons. The highest BCUT2D eigenvalue weighted by Gasteiger charge is 2.21. The second-order valence-corrected chi connectivity index (χ2v) is 8.75. The number of carbonyl (C=O) groups is 1. The Balaban J connectivity index is 1.28. The summed E-state index contributed by atoms with van der Waals surface area (Å²) in [6, 6.07) is 11.8. The van der Waals surface area contributed by atoms with Crippen molar-refractivity contribution >= 4 is 32.6 Å². The van der Waals surface area contributed by atoms with Crippen LogP contribution in [0.25, 0.3) is 10.2 Å². The van der Waals surface area contributed by atoms with E-state index in [4.69, 9.17) is 14.5 Å². The highest BCUT2D eigenvalue weighted by atomic mass is 32.1. The predicted molar refractivity (Wildman–Crippen MR) is 130 cm³/mol. The smallest absolute Gasteiger partial charge is 0.255 e. The Kier molecular flexibility index (Phi) is 7.12. The number of aromatic nitrogens is 1. The van der Waals surface area contributed by atoms with E-state index in [9.17, 15) is 4.79 Å². The summed E-state index contributed by atoms with van der Waals surface area (Å²) in [4.78, 5) is 22.3. The maximum Gasteiger partial charge on any atom is 0.255 e. The van der Waals surface area contributed by atoms with E-state index in [1.807, 2.05) is 0 Å². The molecule has 1 amide bonds. The third-order valence-corrected chi connectivity index (χ3v) is 6.96. The molecule has 8 heteroatoms. The number of fused-ring (bicyclic) bond motifs is 1. The summed E-state index contributed by atoms with van der Waals surface area (Å²) in [7, 11) is 3.11. The number of carbonyl (C=O) groups excluding carboxylic acids is 1. The minimum atomic E-state index is -0.152. The van der Waals surface area contributed by atoms with Crippen molar-refractivity contribution in [3.63, 3.8) is 0 Å². The van der Waals surface area contributed by atoms with Crippen molar-refractivity contribution in [3.05, 3.63) is 47.5 Å². The summed E-state index contributed by atoms with van der Waals surface area (Å²) in [5.74, 6) is 0.862. The summed E-state index contributed by atoms with van der Waals surface area (Å²) in [5.41, 5.74) is 2.94. The van der Waals surface area contributed by atoms with Gasteiger partial charge in [-0.15, -0.1) is 0 Å². The SMILES string of the molecule is CCc1cccc2sc(N3CCN(CCNC(=O)c4cccc(OC)c4OC)CC3)nc12. The van der Waals surface area contributed by atoms with Gasteiger partial charge in [-0.1, -0.05) is 36.5 Å². The quantitative estimate of drug-likeness (QED) is 0.563. The molecule has 1 N–H and O–H groups in total. The van der Waals surface area contributed by atoms with Crippen molar-refractivity contribution in [2.75, 3.05) is 58.4 Å². The number of methoxy groups -OCH3 is 2. The van der Waals surface area contributed by atoms with E-state index in [0.29, 0.717) is 23.6 Å². The summed E-state index contributed by atoms with van der Waals surface area (Å²) < 4.78 is 11.9. The van der Waals surface area contributed by atoms with Crippen LogP contribution in [-0.2, 0) is 6.42 Å². The van der Waals surface area contributed by atoms with Gasteiger partial charge in [0, 0.05) is 39.3 Å². The number of hydrogen-bond acceptors (Lipinski definition) is 7. The number of aryl methyl sites for hydroxylation is 1. The van der Waals surface area contributed by atoms with Crippen molar-refractivity contribution in [1.29, 1.82) is 0 Å². The van der Waals surface area contributed by atoms with Crippen LogP contribution in [0.5, 0.6) is 11.5 Å². The molecule has 0 bridgehead atoms. The maximum absolute atomic E-state index is 12.6. The number of nitrogens with one attached hydrogen (secondary N) is 1. The van der Waals surface area contributed by atoms with Gasteiger partial charge >= 0.3 is 0 Å². The average Bonchev–Trinajstić information content (AvgIpc) is 3.28. The van der Waals surface area contributed by atoms with Crippen LogP contribution in [0.1, 0.15) is 22.8 Å². The molecule has 0 atom stereocenters. The average molecular weight is 455 g/mol. The molecule has 1 fully saturated rings. The summed E-state index contributed by atoms with van der Waals surface area (Å²) in [6.45, 7) is 7.36. The lowest BCUT2D eigenvalue weighted by Gasteiger charge is -2.34. The van der Waals surface area contributed by atoms with Crippen LogP contribution in [0.4, 0.5) is 5.13 Å². The van der Waals surface area contributed by atoms with Crippen molar-refractivity contribution in [2.45, 2.75) is 13.3 Å². The third-order valence-electron chi connectivity index (χ3n) is 5.88. The van der Waals surface area contributed by atoms with Gasteiger partial charge < -0.3 is 19.7 Å². The number of rotatable bonds is 8. The largest absolute Gasteiger partial charge is 0.493 e. The highest BCUT2D eigenvalue weighted by Crippen LogP contribution is 2.32. The fraction of sp³-hybridized carbons (Fsp3) is 0.417. The standard InChI is InChI=1S/C24H30N4O3S/c1-4-17-7-5-10-20-21(17)26-24(32-20)28-15-13-27(14-16-28)12-11-25-23(29)18-8-6-9-19(30-2)22(18)31-3/h5-10H,4,11-16H2,1-3H3,(H,25,29). The number of anilines is 1. The highest BCUT2D eigenvalue weighted by molar-refractivity contribution is 7.22. The number of ether oxygens (including phenoxy) is 2. The lowest BCUT2D eigenvalue weighted by molar-refractivity contribution is 0.0944. The van der Waals surface area contributed by atoms with Gasteiger partial charge in [-0.25, -0.2) is 4.98 Å². The Morgan fingerprint density at radius 2 is 1.88 bits per heavy atom. The van der Waals surface area contributed by atoms with Gasteiger partial charge in [0.15, 0.2) is 16.6 Å². The van der Waals surface area contributed by atoms with Crippen molar-refractivity contribution in [2.24, 2.45) is 0 Å². The summed E-state index contributed by atoms with van der Waals surface area (Å²) >= 11 is 1.78. The van der Waals surface area contributed by atoms with Gasteiger partial charge in [-0.2, -0.15) is 0 Å². The zero-order valence-corrected chi connectivity index (χ0v) is 19.7. The Bertz CT molecular complexity index is 1080. The maximum atomic E-state index is 12.6. The molecule has 0 saturated carbocycles. The van der Waals surface area contributed by atoms with E-state index in [-0.39, 0.29) is 5.91 Å². The van der Waals surface area contributed by atoms with Crippen LogP contribution in [0.15, 0.2) is 36.4 Å². The van der Waals surface area contributed by atoms with Gasteiger partial charge in [0.25, 0.3) is 5.91 Å². The van der Waals surface area contributed by atoms with Gasteiger partial charge in [0.2, 0.25) is 0 Å². The Hall–Kier alpha value is -2.84.